The van der Waals surface area contributed by atoms with E-state index in [1.54, 1.807) is 18.2 Å². The van der Waals surface area contributed by atoms with Crippen LogP contribution < -0.4 is 5.32 Å². The van der Waals surface area contributed by atoms with E-state index in [9.17, 15) is 9.59 Å². The molecule has 1 unspecified atom stereocenters. The van der Waals surface area contributed by atoms with Crippen LogP contribution in [0.5, 0.6) is 0 Å². The molecule has 6 heteroatoms. The van der Waals surface area contributed by atoms with Crippen LogP contribution in [-0.4, -0.2) is 35.3 Å². The fraction of sp³-hybridized carbons (Fsp3) is 0.429. The van der Waals surface area contributed by atoms with Crippen LogP contribution in [0.3, 0.4) is 0 Å². The molecule has 20 heavy (non-hydrogen) atoms. The number of halogens is 2. The summed E-state index contributed by atoms with van der Waals surface area (Å²) in [6.45, 7) is 0.612. The summed E-state index contributed by atoms with van der Waals surface area (Å²) in [5.74, 6) is -0.0927. The van der Waals surface area contributed by atoms with E-state index in [2.05, 4.69) is 21.2 Å². The first kappa shape index (κ1) is 13.9. The van der Waals surface area contributed by atoms with Crippen LogP contribution in [0.1, 0.15) is 29.6 Å². The average Bonchev–Trinajstić information content (AvgIpc) is 3.17. The molecule has 0 bridgehead atoms. The second-order valence-electron chi connectivity index (χ2n) is 5.28. The van der Waals surface area contributed by atoms with Crippen molar-refractivity contribution >= 4 is 39.3 Å². The largest absolute Gasteiger partial charge is 0.347 e. The van der Waals surface area contributed by atoms with Gasteiger partial charge < -0.3 is 10.2 Å². The zero-order valence-corrected chi connectivity index (χ0v) is 13.1. The van der Waals surface area contributed by atoms with E-state index >= 15 is 0 Å². The molecule has 1 atom stereocenters. The summed E-state index contributed by atoms with van der Waals surface area (Å²) in [6.07, 6.45) is 2.56. The molecular weight excluding hydrogens is 344 g/mol. The molecule has 0 spiro atoms. The Kier molecular flexibility index (Phi) is 3.73. The van der Waals surface area contributed by atoms with Gasteiger partial charge in [0.05, 0.1) is 16.6 Å². The van der Waals surface area contributed by atoms with Gasteiger partial charge >= 0.3 is 0 Å². The normalized spacial score (nSPS) is 22.2. The van der Waals surface area contributed by atoms with Gasteiger partial charge in [-0.25, -0.2) is 0 Å². The lowest BCUT2D eigenvalue weighted by Crippen LogP contribution is -2.37. The zero-order valence-electron chi connectivity index (χ0n) is 10.7. The molecule has 1 N–H and O–H groups in total. The minimum absolute atomic E-state index is 0.120. The molecule has 3 rings (SSSR count). The van der Waals surface area contributed by atoms with E-state index in [4.69, 9.17) is 11.6 Å². The van der Waals surface area contributed by atoms with Gasteiger partial charge in [-0.15, -0.1) is 0 Å². The SMILES string of the molecule is O=C(NC1CC(=O)N(C2CC2)C1)c1cc(Br)ccc1Cl. The van der Waals surface area contributed by atoms with Crippen molar-refractivity contribution in [2.45, 2.75) is 31.3 Å². The van der Waals surface area contributed by atoms with Crippen molar-refractivity contribution in [1.82, 2.24) is 10.2 Å². The van der Waals surface area contributed by atoms with Crippen LogP contribution >= 0.6 is 27.5 Å². The number of likely N-dealkylation sites (tertiary alicyclic amines) is 1. The third-order valence-corrected chi connectivity index (χ3v) is 4.48. The molecule has 0 aromatic heterocycles. The summed E-state index contributed by atoms with van der Waals surface area (Å²) in [5, 5.41) is 3.31. The Balaban J connectivity index is 1.67. The second-order valence-corrected chi connectivity index (χ2v) is 6.60. The smallest absolute Gasteiger partial charge is 0.253 e. The first-order chi connectivity index (χ1) is 9.54. The van der Waals surface area contributed by atoms with Gasteiger partial charge in [0.2, 0.25) is 5.91 Å². The van der Waals surface area contributed by atoms with Gasteiger partial charge in [0.1, 0.15) is 0 Å². The maximum absolute atomic E-state index is 12.2. The van der Waals surface area contributed by atoms with Crippen LogP contribution in [0.4, 0.5) is 0 Å². The van der Waals surface area contributed by atoms with Crippen molar-refractivity contribution in [3.05, 3.63) is 33.3 Å². The van der Waals surface area contributed by atoms with Crippen LogP contribution in [-0.2, 0) is 4.79 Å². The van der Waals surface area contributed by atoms with Gasteiger partial charge in [-0.1, -0.05) is 27.5 Å². The van der Waals surface area contributed by atoms with Gasteiger partial charge in [0.15, 0.2) is 0 Å². The molecule has 106 valence electrons. The third-order valence-electron chi connectivity index (χ3n) is 3.65. The molecular formula is C14H14BrClN2O2. The summed E-state index contributed by atoms with van der Waals surface area (Å²) in [5.41, 5.74) is 0.429. The van der Waals surface area contributed by atoms with Crippen LogP contribution in [0.25, 0.3) is 0 Å². The molecule has 1 saturated carbocycles. The quantitative estimate of drug-likeness (QED) is 0.904. The number of hydrogen-bond donors (Lipinski definition) is 1. The Labute approximate surface area is 130 Å². The fourth-order valence-corrected chi connectivity index (χ4v) is 3.07. The third kappa shape index (κ3) is 2.83. The monoisotopic (exact) mass is 356 g/mol. The summed E-state index contributed by atoms with van der Waals surface area (Å²) >= 11 is 9.36. The predicted molar refractivity (Wildman–Crippen MR) is 79.8 cm³/mol. The van der Waals surface area contributed by atoms with Crippen LogP contribution in [0, 0.1) is 0 Å². The highest BCUT2D eigenvalue weighted by atomic mass is 79.9. The lowest BCUT2D eigenvalue weighted by Gasteiger charge is -2.16. The van der Waals surface area contributed by atoms with Crippen LogP contribution in [0.2, 0.25) is 5.02 Å². The van der Waals surface area contributed by atoms with Gasteiger partial charge in [0.25, 0.3) is 5.91 Å². The lowest BCUT2D eigenvalue weighted by molar-refractivity contribution is -0.128. The Morgan fingerprint density at radius 3 is 2.85 bits per heavy atom. The van der Waals surface area contributed by atoms with E-state index in [1.165, 1.54) is 0 Å². The number of carbonyl (C=O) groups is 2. The number of nitrogens with one attached hydrogen (secondary N) is 1. The highest BCUT2D eigenvalue weighted by molar-refractivity contribution is 9.10. The molecule has 1 aromatic carbocycles. The molecule has 4 nitrogen and oxygen atoms in total. The molecule has 2 fully saturated rings. The van der Waals surface area contributed by atoms with E-state index in [-0.39, 0.29) is 17.9 Å². The molecule has 1 aliphatic heterocycles. The Morgan fingerprint density at radius 1 is 1.40 bits per heavy atom. The number of rotatable bonds is 3. The van der Waals surface area contributed by atoms with Crippen molar-refractivity contribution < 1.29 is 9.59 Å². The molecule has 1 aromatic rings. The van der Waals surface area contributed by atoms with Crippen LogP contribution in [0.15, 0.2) is 22.7 Å². The van der Waals surface area contributed by atoms with E-state index in [0.29, 0.717) is 29.6 Å². The van der Waals surface area contributed by atoms with Gasteiger partial charge in [-0.3, -0.25) is 9.59 Å². The fourth-order valence-electron chi connectivity index (χ4n) is 2.50. The maximum atomic E-state index is 12.2. The lowest BCUT2D eigenvalue weighted by atomic mass is 10.2. The maximum Gasteiger partial charge on any atom is 0.253 e. The van der Waals surface area contributed by atoms with Crippen molar-refractivity contribution in [2.75, 3.05) is 6.54 Å². The summed E-state index contributed by atoms with van der Waals surface area (Å²) in [7, 11) is 0. The number of hydrogen-bond acceptors (Lipinski definition) is 2. The van der Waals surface area contributed by atoms with E-state index < -0.39 is 0 Å². The molecule has 1 heterocycles. The zero-order chi connectivity index (χ0) is 14.3. The van der Waals surface area contributed by atoms with Gasteiger partial charge in [-0.05, 0) is 31.0 Å². The molecule has 2 amide bonds. The molecule has 0 radical (unpaired) electrons. The van der Waals surface area contributed by atoms with Gasteiger partial charge in [0, 0.05) is 23.5 Å². The van der Waals surface area contributed by atoms with Gasteiger partial charge in [-0.2, -0.15) is 0 Å². The van der Waals surface area contributed by atoms with Crippen molar-refractivity contribution in [3.8, 4) is 0 Å². The molecule has 1 saturated heterocycles. The standard InChI is InChI=1S/C14H14BrClN2O2/c15-8-1-4-12(16)11(5-8)14(20)17-9-6-13(19)18(7-9)10-2-3-10/h1,4-5,9-10H,2-3,6-7H2,(H,17,20). The molecule has 1 aliphatic carbocycles. The van der Waals surface area contributed by atoms with Crippen molar-refractivity contribution in [1.29, 1.82) is 0 Å². The van der Waals surface area contributed by atoms with Crippen molar-refractivity contribution in [2.24, 2.45) is 0 Å². The van der Waals surface area contributed by atoms with E-state index in [0.717, 1.165) is 17.3 Å². The second kappa shape index (κ2) is 5.37. The summed E-state index contributed by atoms with van der Waals surface area (Å²) in [4.78, 5) is 26.0. The number of benzene rings is 1. The Hall–Kier alpha value is -1.07. The minimum atomic E-state index is -0.230. The first-order valence-corrected chi connectivity index (χ1v) is 7.77. The number of carbonyl (C=O) groups excluding carboxylic acids is 2. The summed E-state index contributed by atoms with van der Waals surface area (Å²) in [6, 6.07) is 5.43. The Morgan fingerprint density at radius 2 is 2.15 bits per heavy atom. The Bertz CT molecular complexity index is 574. The van der Waals surface area contributed by atoms with Crippen molar-refractivity contribution in [3.63, 3.8) is 0 Å². The number of amides is 2. The first-order valence-electron chi connectivity index (χ1n) is 6.60. The number of nitrogens with zero attached hydrogens (tertiary/aromatic N) is 1. The van der Waals surface area contributed by atoms with E-state index in [1.807, 2.05) is 4.90 Å². The summed E-state index contributed by atoms with van der Waals surface area (Å²) < 4.78 is 0.800. The topological polar surface area (TPSA) is 49.4 Å². The highest BCUT2D eigenvalue weighted by Gasteiger charge is 2.39. The highest BCUT2D eigenvalue weighted by Crippen LogP contribution is 2.30. The minimum Gasteiger partial charge on any atom is -0.347 e. The molecule has 2 aliphatic rings. The predicted octanol–water partition coefficient (Wildman–Crippen LogP) is 2.60. The average molecular weight is 358 g/mol.